The van der Waals surface area contributed by atoms with Crippen LogP contribution in [-0.4, -0.2) is 71.4 Å². The number of aromatic hydroxyl groups is 1. The molecule has 1 heterocycles. The van der Waals surface area contributed by atoms with E-state index in [1.807, 2.05) is 0 Å². The Hall–Kier alpha value is -4.22. The average molecular weight is 529 g/mol. The molecule has 1 aliphatic rings. The molecule has 0 radical (unpaired) electrons. The van der Waals surface area contributed by atoms with Crippen molar-refractivity contribution in [1.29, 1.82) is 0 Å². The first-order chi connectivity index (χ1) is 18.2. The van der Waals surface area contributed by atoms with E-state index in [2.05, 4.69) is 15.3 Å². The van der Waals surface area contributed by atoms with Gasteiger partial charge in [0.2, 0.25) is 5.91 Å². The maximum atomic E-state index is 13.1. The van der Waals surface area contributed by atoms with E-state index < -0.39 is 42.8 Å². The summed E-state index contributed by atoms with van der Waals surface area (Å²) in [5.74, 6) is -2.37. The fourth-order valence-electron chi connectivity index (χ4n) is 3.32. The predicted octanol–water partition coefficient (Wildman–Crippen LogP) is 1.84. The van der Waals surface area contributed by atoms with Crippen molar-refractivity contribution in [2.75, 3.05) is 13.7 Å². The van der Waals surface area contributed by atoms with Crippen molar-refractivity contribution in [3.63, 3.8) is 0 Å². The third-order valence-electron chi connectivity index (χ3n) is 5.32. The highest BCUT2D eigenvalue weighted by molar-refractivity contribution is 5.94. The molecule has 2 rings (SSSR count). The maximum Gasteiger partial charge on any atom is 0.342 e. The number of hydrogen-bond donors (Lipinski definition) is 4. The van der Waals surface area contributed by atoms with Gasteiger partial charge < -0.3 is 34.9 Å². The number of fused-ring (bicyclic) bond motifs is 1. The zero-order chi connectivity index (χ0) is 27.9. The third kappa shape index (κ3) is 10.0. The van der Waals surface area contributed by atoms with E-state index in [0.29, 0.717) is 11.1 Å². The fraction of sp³-hybridized carbons (Fsp3) is 0.333. The Kier molecular flexibility index (Phi) is 12.5. The molecule has 4 N–H and O–H groups in total. The molecule has 0 aliphatic carbocycles. The van der Waals surface area contributed by atoms with E-state index in [0.717, 1.165) is 0 Å². The normalized spacial score (nSPS) is 23.6. The summed E-state index contributed by atoms with van der Waals surface area (Å²) in [5.41, 5.74) is 0.942. The van der Waals surface area contributed by atoms with E-state index in [9.17, 15) is 29.7 Å². The van der Waals surface area contributed by atoms with Crippen molar-refractivity contribution in [1.82, 2.24) is 5.32 Å². The number of nitrogens with zero attached hydrogens (tertiary/aromatic N) is 1. The number of ether oxygens (including phenoxy) is 2. The monoisotopic (exact) mass is 528 g/mol. The highest BCUT2D eigenvalue weighted by atomic mass is 16.6. The molecule has 3 unspecified atom stereocenters. The Morgan fingerprint density at radius 1 is 1.26 bits per heavy atom. The summed E-state index contributed by atoms with van der Waals surface area (Å²) in [7, 11) is 1.37. The van der Waals surface area contributed by atoms with Crippen LogP contribution >= 0.6 is 0 Å². The molecule has 1 aromatic rings. The number of allylic oxidation sites excluding steroid dienone is 2. The van der Waals surface area contributed by atoms with Crippen LogP contribution in [-0.2, 0) is 30.3 Å². The summed E-state index contributed by atoms with van der Waals surface area (Å²) in [6.45, 7) is 1.16. The van der Waals surface area contributed by atoms with Gasteiger partial charge in [-0.1, -0.05) is 35.5 Å². The smallest absolute Gasteiger partial charge is 0.342 e. The Morgan fingerprint density at radius 3 is 2.79 bits per heavy atom. The van der Waals surface area contributed by atoms with Crippen LogP contribution in [0.4, 0.5) is 0 Å². The van der Waals surface area contributed by atoms with E-state index in [4.69, 9.17) is 9.47 Å². The molecule has 3 atom stereocenters. The lowest BCUT2D eigenvalue weighted by atomic mass is 10.0. The topological polar surface area (TPSA) is 164 Å². The van der Waals surface area contributed by atoms with Gasteiger partial charge in [-0.2, -0.15) is 0 Å². The second-order valence-electron chi connectivity index (χ2n) is 8.18. The van der Waals surface area contributed by atoms with Gasteiger partial charge in [-0.25, -0.2) is 4.79 Å². The van der Waals surface area contributed by atoms with Crippen molar-refractivity contribution in [2.45, 2.75) is 44.5 Å². The van der Waals surface area contributed by atoms with Gasteiger partial charge in [-0.3, -0.25) is 9.59 Å². The molecule has 0 aromatic heterocycles. The molecule has 0 bridgehead atoms. The molecule has 11 nitrogen and oxygen atoms in total. The lowest BCUT2D eigenvalue weighted by molar-refractivity contribution is -0.150. The quantitative estimate of drug-likeness (QED) is 0.136. The molecule has 1 aromatic carbocycles. The maximum absolute atomic E-state index is 13.1. The molecule has 38 heavy (non-hydrogen) atoms. The van der Waals surface area contributed by atoms with Crippen LogP contribution in [0.2, 0.25) is 0 Å². The van der Waals surface area contributed by atoms with Crippen molar-refractivity contribution in [2.24, 2.45) is 5.16 Å². The van der Waals surface area contributed by atoms with Crippen LogP contribution in [0.3, 0.4) is 0 Å². The number of esters is 2. The number of carbonyl (C=O) groups is 3. The largest absolute Gasteiger partial charge is 0.507 e. The number of aliphatic hydroxyl groups is 2. The molecular formula is C27H32N2O9. The highest BCUT2D eigenvalue weighted by Gasteiger charge is 2.25. The number of rotatable bonds is 7. The number of hydrogen-bond acceptors (Lipinski definition) is 10. The predicted molar refractivity (Wildman–Crippen MR) is 138 cm³/mol. The lowest BCUT2D eigenvalue weighted by Crippen LogP contribution is -2.27. The number of aliphatic hydroxyl groups excluding tert-OH is 2. The minimum Gasteiger partial charge on any atom is -0.507 e. The van der Waals surface area contributed by atoms with Gasteiger partial charge in [0.05, 0.1) is 25.3 Å². The summed E-state index contributed by atoms with van der Waals surface area (Å²) >= 11 is 0. The molecule has 1 amide bonds. The van der Waals surface area contributed by atoms with Crippen LogP contribution in [0.1, 0.15) is 35.7 Å². The number of phenolic OH excluding ortho intramolecular Hbond substituents is 1. The lowest BCUT2D eigenvalue weighted by Gasteiger charge is -2.19. The first kappa shape index (κ1) is 30.0. The van der Waals surface area contributed by atoms with Crippen molar-refractivity contribution in [3.8, 4) is 5.75 Å². The second kappa shape index (κ2) is 15.8. The van der Waals surface area contributed by atoms with Crippen LogP contribution < -0.4 is 5.32 Å². The van der Waals surface area contributed by atoms with E-state index in [1.165, 1.54) is 56.0 Å². The Balaban J connectivity index is 2.28. The summed E-state index contributed by atoms with van der Waals surface area (Å²) < 4.78 is 10.8. The molecule has 11 heteroatoms. The summed E-state index contributed by atoms with van der Waals surface area (Å²) in [6, 6.07) is 4.57. The van der Waals surface area contributed by atoms with Gasteiger partial charge in [0.15, 0.2) is 0 Å². The molecular weight excluding hydrogens is 496 g/mol. The number of benzene rings is 1. The zero-order valence-corrected chi connectivity index (χ0v) is 21.1. The molecule has 0 spiro atoms. The standard InChI is InChI=1S/C27H32N2O9/c1-18-10-11-19-6-3-8-23(32)26(19)27(35)38-20(7-4-14-28-24(33)9-5-15-29-36-2)16-25(34)37-21(17-30)12-13-22(18)31/h3-6,8-10,12-15,20-22,30-32H,7,11,16-17H2,1-2H3,(H,28,33)/b9-5-,13-12-,14-4+,18-10-,29-15-. The average Bonchev–Trinajstić information content (AvgIpc) is 2.89. The molecule has 204 valence electrons. The summed E-state index contributed by atoms with van der Waals surface area (Å²) in [6.07, 6.45) is 7.96. The van der Waals surface area contributed by atoms with Gasteiger partial charge in [-0.15, -0.1) is 0 Å². The number of cyclic esters (lactones) is 2. The van der Waals surface area contributed by atoms with Crippen LogP contribution in [0, 0.1) is 0 Å². The van der Waals surface area contributed by atoms with Crippen molar-refractivity contribution >= 4 is 24.1 Å². The Morgan fingerprint density at radius 2 is 2.05 bits per heavy atom. The number of oxime groups is 1. The number of amides is 1. The first-order valence-corrected chi connectivity index (χ1v) is 11.8. The fourth-order valence-corrected chi connectivity index (χ4v) is 3.32. The van der Waals surface area contributed by atoms with Gasteiger partial charge in [0, 0.05) is 18.7 Å². The number of phenols is 1. The molecule has 0 saturated heterocycles. The molecule has 0 saturated carbocycles. The van der Waals surface area contributed by atoms with Crippen molar-refractivity contribution < 1.29 is 44.0 Å². The molecule has 1 aliphatic heterocycles. The zero-order valence-electron chi connectivity index (χ0n) is 21.1. The van der Waals surface area contributed by atoms with Gasteiger partial charge in [0.1, 0.15) is 30.6 Å². The van der Waals surface area contributed by atoms with Gasteiger partial charge in [0.25, 0.3) is 0 Å². The summed E-state index contributed by atoms with van der Waals surface area (Å²) in [5, 5.41) is 36.3. The number of nitrogens with one attached hydrogen (secondary N) is 1. The minimum atomic E-state index is -1.02. The van der Waals surface area contributed by atoms with E-state index in [1.54, 1.807) is 25.1 Å². The van der Waals surface area contributed by atoms with E-state index >= 15 is 0 Å². The Labute approximate surface area is 220 Å². The SMILES string of the molecule is CO/N=C\C=C/C(=O)N/C=C/CC1CC(=O)OC(CO)/C=C\C(O)/C(C)=C\Cc2cccc(O)c2C(=O)O1. The summed E-state index contributed by atoms with van der Waals surface area (Å²) in [4.78, 5) is 41.9. The van der Waals surface area contributed by atoms with Gasteiger partial charge >= 0.3 is 11.9 Å². The van der Waals surface area contributed by atoms with Crippen LogP contribution in [0.25, 0.3) is 0 Å². The molecule has 0 fully saturated rings. The van der Waals surface area contributed by atoms with E-state index in [-0.39, 0.29) is 30.6 Å². The van der Waals surface area contributed by atoms with Crippen LogP contribution in [0.5, 0.6) is 5.75 Å². The van der Waals surface area contributed by atoms with Gasteiger partial charge in [-0.05, 0) is 42.7 Å². The second-order valence-corrected chi connectivity index (χ2v) is 8.18. The first-order valence-electron chi connectivity index (χ1n) is 11.8. The van der Waals surface area contributed by atoms with Crippen molar-refractivity contribution in [3.05, 3.63) is 77.6 Å². The number of carbonyl (C=O) groups excluding carboxylic acids is 3. The van der Waals surface area contributed by atoms with Crippen LogP contribution in [0.15, 0.2) is 71.6 Å². The minimum absolute atomic E-state index is 0.0241. The third-order valence-corrected chi connectivity index (χ3v) is 5.32. The Bertz CT molecular complexity index is 1120. The highest BCUT2D eigenvalue weighted by Crippen LogP contribution is 2.25.